The second kappa shape index (κ2) is 6.34. The first-order valence-corrected chi connectivity index (χ1v) is 9.16. The Bertz CT molecular complexity index is 927. The molecule has 1 saturated heterocycles. The predicted molar refractivity (Wildman–Crippen MR) is 92.7 cm³/mol. The zero-order chi connectivity index (χ0) is 17.6. The van der Waals surface area contributed by atoms with Gasteiger partial charge in [0.05, 0.1) is 10.6 Å². The molecule has 0 unspecified atom stereocenters. The van der Waals surface area contributed by atoms with Crippen molar-refractivity contribution in [3.8, 4) is 0 Å². The van der Waals surface area contributed by atoms with Crippen molar-refractivity contribution in [3.63, 3.8) is 0 Å². The number of aryl methyl sites for hydroxylation is 1. The number of rotatable bonds is 2. The molecule has 1 aliphatic heterocycles. The molecule has 1 aromatic carbocycles. The highest BCUT2D eigenvalue weighted by Crippen LogP contribution is 2.32. The molecule has 25 heavy (non-hydrogen) atoms. The second-order valence-electron chi connectivity index (χ2n) is 6.05. The topological polar surface area (TPSA) is 63.4 Å². The van der Waals surface area contributed by atoms with Gasteiger partial charge < -0.3 is 4.90 Å². The second-order valence-corrected chi connectivity index (χ2v) is 7.44. The van der Waals surface area contributed by atoms with Crippen molar-refractivity contribution in [2.45, 2.75) is 25.7 Å². The van der Waals surface area contributed by atoms with Crippen LogP contribution in [0.15, 0.2) is 18.2 Å². The lowest BCUT2D eigenvalue weighted by atomic mass is 9.97. The van der Waals surface area contributed by atoms with Gasteiger partial charge in [0.2, 0.25) is 4.96 Å². The first-order chi connectivity index (χ1) is 12.0. The molecule has 0 saturated carbocycles. The van der Waals surface area contributed by atoms with Crippen molar-refractivity contribution >= 4 is 33.8 Å². The van der Waals surface area contributed by atoms with Crippen LogP contribution in [0.3, 0.4) is 0 Å². The molecule has 1 aliphatic rings. The van der Waals surface area contributed by atoms with Gasteiger partial charge in [-0.05, 0) is 31.9 Å². The van der Waals surface area contributed by atoms with Gasteiger partial charge in [0.15, 0.2) is 5.82 Å². The van der Waals surface area contributed by atoms with Gasteiger partial charge in [-0.3, -0.25) is 4.79 Å². The fraction of sp³-hybridized carbons (Fsp3) is 0.375. The number of likely N-dealkylation sites (tertiary alicyclic amines) is 1. The van der Waals surface area contributed by atoms with E-state index in [2.05, 4.69) is 15.3 Å². The lowest BCUT2D eigenvalue weighted by Gasteiger charge is -2.31. The van der Waals surface area contributed by atoms with Gasteiger partial charge in [-0.2, -0.15) is 9.61 Å². The van der Waals surface area contributed by atoms with Crippen LogP contribution in [0.25, 0.3) is 4.96 Å². The van der Waals surface area contributed by atoms with Crippen LogP contribution < -0.4 is 0 Å². The van der Waals surface area contributed by atoms with Gasteiger partial charge in [-0.1, -0.05) is 29.0 Å². The van der Waals surface area contributed by atoms with E-state index in [0.29, 0.717) is 13.1 Å². The fourth-order valence-corrected chi connectivity index (χ4v) is 4.38. The van der Waals surface area contributed by atoms with E-state index in [1.165, 1.54) is 29.5 Å². The predicted octanol–water partition coefficient (Wildman–Crippen LogP) is 3.31. The fourth-order valence-electron chi connectivity index (χ4n) is 3.08. The van der Waals surface area contributed by atoms with E-state index < -0.39 is 5.82 Å². The molecule has 0 aliphatic carbocycles. The summed E-state index contributed by atoms with van der Waals surface area (Å²) in [5.41, 5.74) is -0.0444. The minimum absolute atomic E-state index is 0.0444. The van der Waals surface area contributed by atoms with E-state index in [1.807, 2.05) is 6.92 Å². The van der Waals surface area contributed by atoms with Crippen molar-refractivity contribution in [2.24, 2.45) is 0 Å². The maximum Gasteiger partial charge on any atom is 0.258 e. The molecule has 0 radical (unpaired) electrons. The maximum atomic E-state index is 14.0. The quantitative estimate of drug-likeness (QED) is 0.685. The highest BCUT2D eigenvalue weighted by Gasteiger charge is 2.29. The first-order valence-electron chi connectivity index (χ1n) is 7.96. The third kappa shape index (κ3) is 2.89. The third-order valence-electron chi connectivity index (χ3n) is 4.47. The summed E-state index contributed by atoms with van der Waals surface area (Å²) in [6, 6.07) is 4.29. The molecule has 1 amide bonds. The van der Waals surface area contributed by atoms with Crippen molar-refractivity contribution < 1.29 is 9.18 Å². The Labute approximate surface area is 152 Å². The number of fused-ring (bicyclic) bond motifs is 1. The van der Waals surface area contributed by atoms with E-state index in [1.54, 1.807) is 9.42 Å². The molecule has 0 N–H and O–H groups in total. The van der Waals surface area contributed by atoms with Gasteiger partial charge in [0.25, 0.3) is 5.91 Å². The maximum absolute atomic E-state index is 14.0. The molecule has 130 valence electrons. The molecule has 3 aromatic rings. The smallest absolute Gasteiger partial charge is 0.258 e. The van der Waals surface area contributed by atoms with Gasteiger partial charge in [0, 0.05) is 19.0 Å². The van der Waals surface area contributed by atoms with Crippen molar-refractivity contribution in [3.05, 3.63) is 45.4 Å². The van der Waals surface area contributed by atoms with Gasteiger partial charge in [-0.25, -0.2) is 4.39 Å². The van der Waals surface area contributed by atoms with Crippen LogP contribution in [-0.4, -0.2) is 43.7 Å². The first kappa shape index (κ1) is 16.4. The summed E-state index contributed by atoms with van der Waals surface area (Å²) in [6.45, 7) is 2.96. The van der Waals surface area contributed by atoms with E-state index in [-0.39, 0.29) is 22.4 Å². The number of carbonyl (C=O) groups is 1. The van der Waals surface area contributed by atoms with Crippen LogP contribution in [0.5, 0.6) is 0 Å². The van der Waals surface area contributed by atoms with Crippen LogP contribution in [0, 0.1) is 12.7 Å². The summed E-state index contributed by atoms with van der Waals surface area (Å²) >= 11 is 7.53. The molecule has 9 heteroatoms. The number of nitrogens with zero attached hydrogens (tertiary/aromatic N) is 5. The minimum Gasteiger partial charge on any atom is -0.338 e. The number of piperidine rings is 1. The SMILES string of the molecule is Cc1nnc2sc(C3CCN(C(=O)c4c(F)cccc4Cl)CC3)nn12. The summed E-state index contributed by atoms with van der Waals surface area (Å²) in [4.78, 5) is 15.0. The lowest BCUT2D eigenvalue weighted by molar-refractivity contribution is 0.0708. The number of halogens is 2. The Kier molecular flexibility index (Phi) is 4.16. The van der Waals surface area contributed by atoms with Gasteiger partial charge in [-0.15, -0.1) is 10.2 Å². The third-order valence-corrected chi connectivity index (χ3v) is 5.85. The van der Waals surface area contributed by atoms with E-state index >= 15 is 0 Å². The van der Waals surface area contributed by atoms with Crippen LogP contribution >= 0.6 is 22.9 Å². The molecule has 4 rings (SSSR count). The van der Waals surface area contributed by atoms with Crippen molar-refractivity contribution in [2.75, 3.05) is 13.1 Å². The Hall–Kier alpha value is -2.06. The average molecular weight is 380 g/mol. The number of amides is 1. The van der Waals surface area contributed by atoms with Crippen molar-refractivity contribution in [1.82, 2.24) is 24.7 Å². The standard InChI is InChI=1S/C16H15ClFN5OS/c1-9-19-20-16-23(9)21-14(25-16)10-5-7-22(8-6-10)15(24)13-11(17)3-2-4-12(13)18/h2-4,10H,5-8H2,1H3. The Morgan fingerprint density at radius 1 is 1.32 bits per heavy atom. The zero-order valence-electron chi connectivity index (χ0n) is 13.4. The molecule has 6 nitrogen and oxygen atoms in total. The average Bonchev–Trinajstić information content (AvgIpc) is 3.17. The number of aromatic nitrogens is 4. The monoisotopic (exact) mass is 379 g/mol. The molecule has 0 spiro atoms. The Morgan fingerprint density at radius 3 is 2.76 bits per heavy atom. The minimum atomic E-state index is -0.580. The number of hydrogen-bond donors (Lipinski definition) is 0. The number of hydrogen-bond acceptors (Lipinski definition) is 5. The highest BCUT2D eigenvalue weighted by molar-refractivity contribution is 7.16. The van der Waals surface area contributed by atoms with E-state index in [0.717, 1.165) is 28.6 Å². The molecule has 0 atom stereocenters. The molecular formula is C16H15ClFN5OS. The lowest BCUT2D eigenvalue weighted by Crippen LogP contribution is -2.38. The van der Waals surface area contributed by atoms with E-state index in [9.17, 15) is 9.18 Å². The summed E-state index contributed by atoms with van der Waals surface area (Å²) < 4.78 is 15.7. The van der Waals surface area contributed by atoms with Gasteiger partial charge in [0.1, 0.15) is 10.8 Å². The Balaban J connectivity index is 1.48. The molecule has 1 fully saturated rings. The van der Waals surface area contributed by atoms with Crippen molar-refractivity contribution in [1.29, 1.82) is 0 Å². The molecule has 2 aromatic heterocycles. The number of benzene rings is 1. The van der Waals surface area contributed by atoms with Gasteiger partial charge >= 0.3 is 0 Å². The molecule has 0 bridgehead atoms. The van der Waals surface area contributed by atoms with Crippen LogP contribution in [0.1, 0.15) is 39.9 Å². The largest absolute Gasteiger partial charge is 0.338 e. The zero-order valence-corrected chi connectivity index (χ0v) is 15.0. The summed E-state index contributed by atoms with van der Waals surface area (Å²) in [7, 11) is 0. The molecule has 3 heterocycles. The van der Waals surface area contributed by atoms with Crippen LogP contribution in [0.4, 0.5) is 4.39 Å². The van der Waals surface area contributed by atoms with Crippen LogP contribution in [-0.2, 0) is 0 Å². The van der Waals surface area contributed by atoms with E-state index in [4.69, 9.17) is 11.6 Å². The summed E-state index contributed by atoms with van der Waals surface area (Å²) in [6.07, 6.45) is 1.56. The normalized spacial score (nSPS) is 15.9. The van der Waals surface area contributed by atoms with Crippen LogP contribution in [0.2, 0.25) is 5.02 Å². The molecular weight excluding hydrogens is 365 g/mol. The summed E-state index contributed by atoms with van der Waals surface area (Å²) in [5.74, 6) is 0.102. The number of carbonyl (C=O) groups excluding carboxylic acids is 1. The Morgan fingerprint density at radius 2 is 2.08 bits per heavy atom. The summed E-state index contributed by atoms with van der Waals surface area (Å²) in [5, 5.41) is 13.8. The highest BCUT2D eigenvalue weighted by atomic mass is 35.5.